The normalized spacial score (nSPS) is 11.7. The van der Waals surface area contributed by atoms with Crippen LogP contribution in [0.1, 0.15) is 0 Å². The molecule has 0 atom stereocenters. The molecule has 8 aromatic carbocycles. The Hall–Kier alpha value is -5.66. The van der Waals surface area contributed by atoms with Crippen molar-refractivity contribution in [2.75, 3.05) is 0 Å². The molecule has 1 aromatic heterocycles. The number of furan rings is 1. The monoisotopic (exact) mass is 546 g/mol. The van der Waals surface area contributed by atoms with Crippen LogP contribution in [-0.2, 0) is 0 Å². The molecule has 9 aromatic rings. The zero-order valence-corrected chi connectivity index (χ0v) is 23.4. The van der Waals surface area contributed by atoms with Crippen LogP contribution >= 0.6 is 0 Å². The topological polar surface area (TPSA) is 13.1 Å². The third-order valence-electron chi connectivity index (χ3n) is 8.82. The van der Waals surface area contributed by atoms with E-state index in [0.29, 0.717) is 0 Å². The van der Waals surface area contributed by atoms with Crippen molar-refractivity contribution in [3.63, 3.8) is 0 Å². The molecule has 0 bridgehead atoms. The Bertz CT molecular complexity index is 2440. The highest BCUT2D eigenvalue weighted by atomic mass is 16.3. The van der Waals surface area contributed by atoms with Crippen molar-refractivity contribution in [3.05, 3.63) is 158 Å². The minimum atomic E-state index is 0.910. The summed E-state index contributed by atoms with van der Waals surface area (Å²) in [7, 11) is 0. The third-order valence-corrected chi connectivity index (χ3v) is 8.82. The smallest absolute Gasteiger partial charge is 0.143 e. The lowest BCUT2D eigenvalue weighted by atomic mass is 9.84. The second-order valence-electron chi connectivity index (χ2n) is 11.3. The number of fused-ring (bicyclic) bond motifs is 6. The van der Waals surface area contributed by atoms with E-state index in [9.17, 15) is 0 Å². The minimum Gasteiger partial charge on any atom is -0.455 e. The van der Waals surface area contributed by atoms with Crippen LogP contribution in [0.3, 0.4) is 0 Å². The molecule has 43 heavy (non-hydrogen) atoms. The largest absolute Gasteiger partial charge is 0.455 e. The van der Waals surface area contributed by atoms with Crippen LogP contribution in [0.15, 0.2) is 162 Å². The van der Waals surface area contributed by atoms with Crippen LogP contribution < -0.4 is 0 Å². The second-order valence-corrected chi connectivity index (χ2v) is 11.3. The van der Waals surface area contributed by atoms with Crippen molar-refractivity contribution in [1.82, 2.24) is 0 Å². The lowest BCUT2D eigenvalue weighted by molar-refractivity contribution is 0.670. The maximum atomic E-state index is 6.52. The van der Waals surface area contributed by atoms with E-state index in [4.69, 9.17) is 4.42 Å². The molecule has 9 rings (SSSR count). The molecule has 0 N–H and O–H groups in total. The first-order valence-electron chi connectivity index (χ1n) is 14.8. The lowest BCUT2D eigenvalue weighted by Crippen LogP contribution is -1.91. The Kier molecular flexibility index (Phi) is 5.27. The van der Waals surface area contributed by atoms with Gasteiger partial charge in [0.25, 0.3) is 0 Å². The molecular weight excluding hydrogens is 520 g/mol. The van der Waals surface area contributed by atoms with Gasteiger partial charge in [-0.25, -0.2) is 0 Å². The third kappa shape index (κ3) is 3.72. The summed E-state index contributed by atoms with van der Waals surface area (Å²) in [5, 5.41) is 9.78. The number of para-hydroxylation sites is 1. The van der Waals surface area contributed by atoms with Gasteiger partial charge >= 0.3 is 0 Å². The highest BCUT2D eigenvalue weighted by molar-refractivity contribution is 6.23. The van der Waals surface area contributed by atoms with Crippen molar-refractivity contribution in [2.24, 2.45) is 0 Å². The Labute approximate surface area is 249 Å². The predicted molar refractivity (Wildman–Crippen MR) is 183 cm³/mol. The average Bonchev–Trinajstić information content (AvgIpc) is 3.45. The van der Waals surface area contributed by atoms with E-state index in [0.717, 1.165) is 33.1 Å². The number of hydrogen-bond acceptors (Lipinski definition) is 1. The second kappa shape index (κ2) is 9.44. The van der Waals surface area contributed by atoms with Gasteiger partial charge in [-0.3, -0.25) is 0 Å². The number of hydrogen-bond donors (Lipinski definition) is 0. The molecule has 0 fully saturated rings. The molecule has 0 spiro atoms. The first-order valence-corrected chi connectivity index (χ1v) is 14.8. The summed E-state index contributed by atoms with van der Waals surface area (Å²) in [5.41, 5.74) is 9.05. The SMILES string of the molecule is c1ccc(-c2cc(-c3c4ccccc4c(-c4ccc5ccccc5c4)c4ccccc34)cc3c2oc2ccccc23)cc1. The molecule has 0 amide bonds. The van der Waals surface area contributed by atoms with E-state index < -0.39 is 0 Å². The molecule has 0 saturated carbocycles. The first kappa shape index (κ1) is 24.0. The van der Waals surface area contributed by atoms with Crippen LogP contribution in [0.5, 0.6) is 0 Å². The molecule has 1 nitrogen and oxygen atoms in total. The van der Waals surface area contributed by atoms with E-state index in [1.54, 1.807) is 0 Å². The summed E-state index contributed by atoms with van der Waals surface area (Å²) in [6, 6.07) is 56.8. The molecular formula is C42H26O. The minimum absolute atomic E-state index is 0.910. The Morgan fingerprint density at radius 3 is 1.58 bits per heavy atom. The molecule has 0 saturated heterocycles. The van der Waals surface area contributed by atoms with Crippen LogP contribution in [0.25, 0.3) is 87.6 Å². The van der Waals surface area contributed by atoms with E-state index >= 15 is 0 Å². The maximum absolute atomic E-state index is 6.52. The summed E-state index contributed by atoms with van der Waals surface area (Å²) >= 11 is 0. The molecule has 0 unspecified atom stereocenters. The standard InChI is InChI=1S/C42H26O/c1-2-13-28(14-3-1)37-25-31(26-38-32-16-10-11-21-39(32)43-42(37)38)41-35-19-8-6-17-33(35)40(34-18-7-9-20-36(34)41)30-23-22-27-12-4-5-15-29(27)24-30/h1-26H. The fourth-order valence-corrected chi connectivity index (χ4v) is 6.90. The Balaban J connectivity index is 1.42. The van der Waals surface area contributed by atoms with Crippen LogP contribution in [-0.4, -0.2) is 0 Å². The Morgan fingerprint density at radius 2 is 0.884 bits per heavy atom. The summed E-state index contributed by atoms with van der Waals surface area (Å²) in [6.45, 7) is 0. The molecule has 0 radical (unpaired) electrons. The highest BCUT2D eigenvalue weighted by Crippen LogP contribution is 2.46. The zero-order chi connectivity index (χ0) is 28.3. The van der Waals surface area contributed by atoms with Crippen molar-refractivity contribution in [3.8, 4) is 33.4 Å². The van der Waals surface area contributed by atoms with Crippen LogP contribution in [0.4, 0.5) is 0 Å². The van der Waals surface area contributed by atoms with Gasteiger partial charge in [-0.15, -0.1) is 0 Å². The van der Waals surface area contributed by atoms with E-state index in [2.05, 4.69) is 152 Å². The van der Waals surface area contributed by atoms with Gasteiger partial charge < -0.3 is 4.42 Å². The quantitative estimate of drug-likeness (QED) is 0.201. The molecule has 0 aliphatic carbocycles. The maximum Gasteiger partial charge on any atom is 0.143 e. The zero-order valence-electron chi connectivity index (χ0n) is 23.4. The van der Waals surface area contributed by atoms with Crippen molar-refractivity contribution in [1.29, 1.82) is 0 Å². The van der Waals surface area contributed by atoms with E-state index in [1.807, 2.05) is 6.07 Å². The summed E-state index contributed by atoms with van der Waals surface area (Å²) in [6.07, 6.45) is 0. The van der Waals surface area contributed by atoms with E-state index in [-0.39, 0.29) is 0 Å². The van der Waals surface area contributed by atoms with Gasteiger partial charge in [-0.2, -0.15) is 0 Å². The van der Waals surface area contributed by atoms with Gasteiger partial charge in [0, 0.05) is 16.3 Å². The van der Waals surface area contributed by atoms with Gasteiger partial charge in [-0.1, -0.05) is 133 Å². The first-order chi connectivity index (χ1) is 21.3. The highest BCUT2D eigenvalue weighted by Gasteiger charge is 2.20. The summed E-state index contributed by atoms with van der Waals surface area (Å²) in [5.74, 6) is 0. The van der Waals surface area contributed by atoms with Gasteiger partial charge in [0.15, 0.2) is 0 Å². The molecule has 1 heterocycles. The van der Waals surface area contributed by atoms with Crippen LogP contribution in [0, 0.1) is 0 Å². The molecule has 200 valence electrons. The van der Waals surface area contributed by atoms with Gasteiger partial charge in [-0.05, 0) is 84.4 Å². The summed E-state index contributed by atoms with van der Waals surface area (Å²) < 4.78 is 6.52. The van der Waals surface area contributed by atoms with Gasteiger partial charge in [0.2, 0.25) is 0 Å². The Morgan fingerprint density at radius 1 is 0.326 bits per heavy atom. The lowest BCUT2D eigenvalue weighted by Gasteiger charge is -2.18. The average molecular weight is 547 g/mol. The summed E-state index contributed by atoms with van der Waals surface area (Å²) in [4.78, 5) is 0. The van der Waals surface area contributed by atoms with Crippen molar-refractivity contribution >= 4 is 54.3 Å². The van der Waals surface area contributed by atoms with E-state index in [1.165, 1.54) is 54.6 Å². The molecule has 0 aliphatic heterocycles. The van der Waals surface area contributed by atoms with Crippen LogP contribution in [0.2, 0.25) is 0 Å². The van der Waals surface area contributed by atoms with Crippen molar-refractivity contribution < 1.29 is 4.42 Å². The fourth-order valence-electron chi connectivity index (χ4n) is 6.90. The van der Waals surface area contributed by atoms with Crippen molar-refractivity contribution in [2.45, 2.75) is 0 Å². The van der Waals surface area contributed by atoms with Gasteiger partial charge in [0.1, 0.15) is 11.2 Å². The molecule has 1 heteroatoms. The number of rotatable bonds is 3. The van der Waals surface area contributed by atoms with Gasteiger partial charge in [0.05, 0.1) is 0 Å². The number of benzene rings is 8. The molecule has 0 aliphatic rings. The fraction of sp³-hybridized carbons (Fsp3) is 0. The predicted octanol–water partition coefficient (Wildman–Crippen LogP) is 12.0.